The lowest BCUT2D eigenvalue weighted by atomic mass is 10.00. The third-order valence-electron chi connectivity index (χ3n) is 4.73. The molecule has 0 aliphatic carbocycles. The minimum absolute atomic E-state index is 0.0122. The normalized spacial score (nSPS) is 19.3. The van der Waals surface area contributed by atoms with Gasteiger partial charge in [-0.3, -0.25) is 9.59 Å². The molecule has 1 heterocycles. The van der Waals surface area contributed by atoms with Crippen LogP contribution in [0.25, 0.3) is 0 Å². The Morgan fingerprint density at radius 2 is 2.00 bits per heavy atom. The molecule has 2 atom stereocenters. The van der Waals surface area contributed by atoms with Crippen LogP contribution in [0.3, 0.4) is 0 Å². The van der Waals surface area contributed by atoms with Gasteiger partial charge in [0.2, 0.25) is 11.8 Å². The van der Waals surface area contributed by atoms with Gasteiger partial charge >= 0.3 is 0 Å². The van der Waals surface area contributed by atoms with Crippen molar-refractivity contribution in [3.8, 4) is 0 Å². The van der Waals surface area contributed by atoms with Crippen molar-refractivity contribution in [2.75, 3.05) is 19.6 Å². The zero-order valence-electron chi connectivity index (χ0n) is 14.5. The molecule has 1 aliphatic heterocycles. The molecular formula is C19H28N2O2. The summed E-state index contributed by atoms with van der Waals surface area (Å²) in [6, 6.07) is 9.95. The largest absolute Gasteiger partial charge is 0.342 e. The molecule has 0 spiro atoms. The predicted molar refractivity (Wildman–Crippen MR) is 91.8 cm³/mol. The zero-order chi connectivity index (χ0) is 16.8. The summed E-state index contributed by atoms with van der Waals surface area (Å²) in [5.41, 5.74) is 1.10. The second-order valence-electron chi connectivity index (χ2n) is 6.64. The van der Waals surface area contributed by atoms with Gasteiger partial charge in [-0.05, 0) is 31.2 Å². The van der Waals surface area contributed by atoms with Gasteiger partial charge in [-0.2, -0.15) is 0 Å². The lowest BCUT2D eigenvalue weighted by Crippen LogP contribution is -2.41. The average Bonchev–Trinajstić information content (AvgIpc) is 2.55. The highest BCUT2D eigenvalue weighted by molar-refractivity contribution is 5.78. The van der Waals surface area contributed by atoms with E-state index in [-0.39, 0.29) is 17.9 Å². The molecule has 1 aromatic rings. The van der Waals surface area contributed by atoms with E-state index in [0.29, 0.717) is 18.9 Å². The summed E-state index contributed by atoms with van der Waals surface area (Å²) in [6.45, 7) is 7.98. The fourth-order valence-electron chi connectivity index (χ4n) is 3.33. The average molecular weight is 316 g/mol. The molecule has 4 nitrogen and oxygen atoms in total. The van der Waals surface area contributed by atoms with Crippen molar-refractivity contribution < 1.29 is 9.59 Å². The number of likely N-dealkylation sites (tertiary alicyclic amines) is 1. The maximum absolute atomic E-state index is 12.4. The minimum Gasteiger partial charge on any atom is -0.342 e. The molecule has 2 unspecified atom stereocenters. The van der Waals surface area contributed by atoms with Crippen LogP contribution in [0.4, 0.5) is 0 Å². The number of piperidine rings is 1. The van der Waals surface area contributed by atoms with Gasteiger partial charge in [0.1, 0.15) is 0 Å². The third kappa shape index (κ3) is 4.81. The predicted octanol–water partition coefficient (Wildman–Crippen LogP) is 3.24. The highest BCUT2D eigenvalue weighted by Gasteiger charge is 2.23. The van der Waals surface area contributed by atoms with E-state index >= 15 is 0 Å². The molecule has 1 aliphatic rings. The number of amides is 2. The highest BCUT2D eigenvalue weighted by Crippen LogP contribution is 2.21. The van der Waals surface area contributed by atoms with Gasteiger partial charge in [-0.25, -0.2) is 0 Å². The molecule has 2 rings (SSSR count). The van der Waals surface area contributed by atoms with Crippen molar-refractivity contribution >= 4 is 11.8 Å². The Hall–Kier alpha value is -1.84. The first kappa shape index (κ1) is 17.5. The Morgan fingerprint density at radius 3 is 2.61 bits per heavy atom. The van der Waals surface area contributed by atoms with E-state index in [1.807, 2.05) is 42.2 Å². The third-order valence-corrected chi connectivity index (χ3v) is 4.73. The summed E-state index contributed by atoms with van der Waals surface area (Å²) in [5.74, 6) is 0.768. The summed E-state index contributed by atoms with van der Waals surface area (Å²) in [7, 11) is 0. The molecule has 0 aromatic heterocycles. The molecule has 23 heavy (non-hydrogen) atoms. The fourth-order valence-corrected chi connectivity index (χ4v) is 3.33. The number of benzene rings is 1. The van der Waals surface area contributed by atoms with Crippen molar-refractivity contribution in [1.82, 2.24) is 9.80 Å². The molecule has 0 N–H and O–H groups in total. The Balaban J connectivity index is 1.94. The van der Waals surface area contributed by atoms with E-state index in [2.05, 4.69) is 6.92 Å². The van der Waals surface area contributed by atoms with Crippen LogP contribution < -0.4 is 0 Å². The highest BCUT2D eigenvalue weighted by atomic mass is 16.2. The number of hydrogen-bond acceptors (Lipinski definition) is 2. The van der Waals surface area contributed by atoms with E-state index in [1.54, 1.807) is 11.8 Å². The van der Waals surface area contributed by atoms with E-state index < -0.39 is 0 Å². The van der Waals surface area contributed by atoms with E-state index in [4.69, 9.17) is 0 Å². The molecule has 1 saturated heterocycles. The molecule has 126 valence electrons. The van der Waals surface area contributed by atoms with Crippen LogP contribution in [-0.2, 0) is 9.59 Å². The standard InChI is InChI=1S/C19H28N2O2/c1-15-8-7-12-20(14-15)19(23)11-13-21(17(3)22)16(2)18-9-5-4-6-10-18/h4-6,9-10,15-16H,7-8,11-14H2,1-3H3. The first-order valence-electron chi connectivity index (χ1n) is 8.59. The van der Waals surface area contributed by atoms with Crippen LogP contribution in [0.5, 0.6) is 0 Å². The SMILES string of the molecule is CC(=O)N(CCC(=O)N1CCCC(C)C1)C(C)c1ccccc1. The number of carbonyl (C=O) groups excluding carboxylic acids is 2. The van der Waals surface area contributed by atoms with Crippen LogP contribution in [-0.4, -0.2) is 41.2 Å². The number of nitrogens with zero attached hydrogens (tertiary/aromatic N) is 2. The summed E-state index contributed by atoms with van der Waals surface area (Å²) in [5, 5.41) is 0. The molecule has 1 aromatic carbocycles. The Labute approximate surface area is 139 Å². The fraction of sp³-hybridized carbons (Fsp3) is 0.579. The van der Waals surface area contributed by atoms with Gasteiger partial charge < -0.3 is 9.80 Å². The van der Waals surface area contributed by atoms with Gasteiger partial charge in [0, 0.05) is 33.0 Å². The Morgan fingerprint density at radius 1 is 1.30 bits per heavy atom. The lowest BCUT2D eigenvalue weighted by Gasteiger charge is -2.33. The Bertz CT molecular complexity index is 529. The van der Waals surface area contributed by atoms with Crippen molar-refractivity contribution in [3.63, 3.8) is 0 Å². The number of hydrogen-bond donors (Lipinski definition) is 0. The van der Waals surface area contributed by atoms with Crippen LogP contribution in [0.15, 0.2) is 30.3 Å². The smallest absolute Gasteiger partial charge is 0.224 e. The van der Waals surface area contributed by atoms with Crippen molar-refractivity contribution in [3.05, 3.63) is 35.9 Å². The summed E-state index contributed by atoms with van der Waals surface area (Å²) in [4.78, 5) is 28.2. The monoisotopic (exact) mass is 316 g/mol. The van der Waals surface area contributed by atoms with Crippen molar-refractivity contribution in [2.45, 2.75) is 46.1 Å². The van der Waals surface area contributed by atoms with E-state index in [1.165, 1.54) is 6.42 Å². The van der Waals surface area contributed by atoms with Gasteiger partial charge in [-0.1, -0.05) is 37.3 Å². The quantitative estimate of drug-likeness (QED) is 0.836. The number of carbonyl (C=O) groups is 2. The molecule has 4 heteroatoms. The van der Waals surface area contributed by atoms with Gasteiger partial charge in [0.05, 0.1) is 6.04 Å². The summed E-state index contributed by atoms with van der Waals surface area (Å²) in [6.07, 6.45) is 2.70. The van der Waals surface area contributed by atoms with Crippen LogP contribution in [0, 0.1) is 5.92 Å². The van der Waals surface area contributed by atoms with E-state index in [9.17, 15) is 9.59 Å². The maximum atomic E-state index is 12.4. The van der Waals surface area contributed by atoms with Crippen LogP contribution >= 0.6 is 0 Å². The molecule has 2 amide bonds. The van der Waals surface area contributed by atoms with Gasteiger partial charge in [-0.15, -0.1) is 0 Å². The zero-order valence-corrected chi connectivity index (χ0v) is 14.5. The van der Waals surface area contributed by atoms with Crippen LogP contribution in [0.2, 0.25) is 0 Å². The Kier molecular flexibility index (Phi) is 6.20. The van der Waals surface area contributed by atoms with Crippen LogP contribution in [0.1, 0.15) is 51.6 Å². The topological polar surface area (TPSA) is 40.6 Å². The molecule has 0 radical (unpaired) electrons. The molecule has 0 saturated carbocycles. The maximum Gasteiger partial charge on any atom is 0.224 e. The first-order valence-corrected chi connectivity index (χ1v) is 8.59. The molecular weight excluding hydrogens is 288 g/mol. The minimum atomic E-state index is -0.0122. The summed E-state index contributed by atoms with van der Waals surface area (Å²) < 4.78 is 0. The van der Waals surface area contributed by atoms with Crippen molar-refractivity contribution in [2.24, 2.45) is 5.92 Å². The van der Waals surface area contributed by atoms with E-state index in [0.717, 1.165) is 25.1 Å². The first-order chi connectivity index (χ1) is 11.0. The lowest BCUT2D eigenvalue weighted by molar-refractivity contribution is -0.135. The van der Waals surface area contributed by atoms with Gasteiger partial charge in [0.15, 0.2) is 0 Å². The number of rotatable bonds is 5. The van der Waals surface area contributed by atoms with Crippen molar-refractivity contribution in [1.29, 1.82) is 0 Å². The second-order valence-corrected chi connectivity index (χ2v) is 6.64. The van der Waals surface area contributed by atoms with Gasteiger partial charge in [0.25, 0.3) is 0 Å². The second kappa shape index (κ2) is 8.14. The molecule has 0 bridgehead atoms. The summed E-state index contributed by atoms with van der Waals surface area (Å²) >= 11 is 0. The molecule has 1 fully saturated rings.